The van der Waals surface area contributed by atoms with Crippen LogP contribution in [0, 0.1) is 23.7 Å². The summed E-state index contributed by atoms with van der Waals surface area (Å²) >= 11 is 0. The Hall–Kier alpha value is -3.62. The molecule has 0 aliphatic carbocycles. The molecule has 0 bridgehead atoms. The van der Waals surface area contributed by atoms with Gasteiger partial charge >= 0.3 is 0 Å². The van der Waals surface area contributed by atoms with Gasteiger partial charge in [0.1, 0.15) is 11.5 Å². The number of hydrogen-bond acceptors (Lipinski definition) is 2. The maximum atomic E-state index is 10.5. The summed E-state index contributed by atoms with van der Waals surface area (Å²) in [5, 5.41) is 21.0. The number of phenolic OH excluding ortho intramolecular Hbond substituents is 2. The molecule has 0 heterocycles. The van der Waals surface area contributed by atoms with Crippen LogP contribution in [0.25, 0.3) is 0 Å². The number of hydrogen-bond donors (Lipinski definition) is 2. The summed E-state index contributed by atoms with van der Waals surface area (Å²) in [6, 6.07) is 19.6. The van der Waals surface area contributed by atoms with Crippen LogP contribution in [-0.2, 0) is 12.8 Å². The summed E-state index contributed by atoms with van der Waals surface area (Å²) < 4.78 is 0. The van der Waals surface area contributed by atoms with Crippen LogP contribution in [0.4, 0.5) is 0 Å². The van der Waals surface area contributed by atoms with Crippen molar-refractivity contribution in [1.29, 1.82) is 0 Å². The predicted octanol–water partition coefficient (Wildman–Crippen LogP) is 9.70. The fourth-order valence-corrected chi connectivity index (χ4v) is 4.78. The summed E-state index contributed by atoms with van der Waals surface area (Å²) in [5.41, 5.74) is 5.20. The number of rotatable bonds is 14. The van der Waals surface area contributed by atoms with Crippen molar-refractivity contribution in [2.24, 2.45) is 0 Å². The van der Waals surface area contributed by atoms with Crippen molar-refractivity contribution in [2.75, 3.05) is 0 Å². The minimum absolute atomic E-state index is 0.0172. The lowest BCUT2D eigenvalue weighted by atomic mass is 10.0. The lowest BCUT2D eigenvalue weighted by Gasteiger charge is -2.03. The van der Waals surface area contributed by atoms with Crippen molar-refractivity contribution < 1.29 is 10.2 Å². The number of benzene rings is 3. The molecule has 0 radical (unpaired) electrons. The average molecular weight is 535 g/mol. The average Bonchev–Trinajstić information content (AvgIpc) is 2.97. The number of aryl methyl sites for hydroxylation is 2. The highest BCUT2D eigenvalue weighted by Gasteiger charge is 2.06. The summed E-state index contributed by atoms with van der Waals surface area (Å²) in [4.78, 5) is 0. The smallest absolute Gasteiger partial charge is 0.132 e. The summed E-state index contributed by atoms with van der Waals surface area (Å²) in [5.74, 6) is 12.2. The van der Waals surface area contributed by atoms with Crippen LogP contribution in [0.2, 0.25) is 0 Å². The Labute approximate surface area is 242 Å². The van der Waals surface area contributed by atoms with E-state index in [-0.39, 0.29) is 11.5 Å². The van der Waals surface area contributed by atoms with E-state index in [0.717, 1.165) is 24.0 Å². The summed E-state index contributed by atoms with van der Waals surface area (Å²) in [6.07, 6.45) is 17.8. The molecule has 0 atom stereocenters. The van der Waals surface area contributed by atoms with E-state index in [1.54, 1.807) is 0 Å². The molecule has 2 nitrogen and oxygen atoms in total. The minimum Gasteiger partial charge on any atom is -0.507 e. The highest BCUT2D eigenvalue weighted by Crippen LogP contribution is 2.26. The monoisotopic (exact) mass is 534 g/mol. The van der Waals surface area contributed by atoms with Crippen molar-refractivity contribution in [3.05, 3.63) is 94.0 Å². The zero-order valence-corrected chi connectivity index (χ0v) is 24.6. The van der Waals surface area contributed by atoms with Crippen molar-refractivity contribution >= 4 is 0 Å². The molecule has 0 amide bonds. The maximum absolute atomic E-state index is 10.5. The van der Waals surface area contributed by atoms with Crippen molar-refractivity contribution in [1.82, 2.24) is 0 Å². The third-order valence-electron chi connectivity index (χ3n) is 7.34. The van der Waals surface area contributed by atoms with Gasteiger partial charge in [-0.1, -0.05) is 126 Å². The van der Waals surface area contributed by atoms with Crippen LogP contribution in [0.15, 0.2) is 60.7 Å². The molecular weight excluding hydrogens is 488 g/mol. The van der Waals surface area contributed by atoms with E-state index in [1.807, 2.05) is 24.3 Å². The third-order valence-corrected chi connectivity index (χ3v) is 7.34. The Balaban J connectivity index is 1.53. The van der Waals surface area contributed by atoms with Gasteiger partial charge in [0.15, 0.2) is 0 Å². The van der Waals surface area contributed by atoms with E-state index in [4.69, 9.17) is 0 Å². The molecule has 0 saturated carbocycles. The van der Waals surface area contributed by atoms with Crippen LogP contribution in [0.5, 0.6) is 11.5 Å². The first kappa shape index (κ1) is 30.9. The van der Waals surface area contributed by atoms with Crippen LogP contribution in [-0.4, -0.2) is 10.2 Å². The normalized spacial score (nSPS) is 10.4. The number of aromatic hydroxyl groups is 2. The molecule has 0 fully saturated rings. The predicted molar refractivity (Wildman–Crippen MR) is 169 cm³/mol. The second kappa shape index (κ2) is 17.9. The molecule has 3 rings (SSSR count). The zero-order chi connectivity index (χ0) is 28.4. The van der Waals surface area contributed by atoms with Gasteiger partial charge in [0, 0.05) is 23.3 Å². The Morgan fingerprint density at radius 1 is 0.450 bits per heavy atom. The molecule has 3 aromatic rings. The van der Waals surface area contributed by atoms with Crippen LogP contribution in [0.1, 0.15) is 124 Å². The van der Waals surface area contributed by atoms with Crippen LogP contribution in [0.3, 0.4) is 0 Å². The molecule has 0 aromatic heterocycles. The molecule has 210 valence electrons. The summed E-state index contributed by atoms with van der Waals surface area (Å²) in [6.45, 7) is 4.49. The van der Waals surface area contributed by atoms with E-state index < -0.39 is 0 Å². The van der Waals surface area contributed by atoms with Crippen LogP contribution >= 0.6 is 0 Å². The SMILES string of the molecule is CCCCCCCCc1ccc(C#Cc2cc(O)c(C#Cc3ccc(CCCCCCCC)cc3)cc2O)cc1. The molecule has 0 saturated heterocycles. The first-order valence-electron chi connectivity index (χ1n) is 15.4. The third kappa shape index (κ3) is 11.2. The van der Waals surface area contributed by atoms with Crippen molar-refractivity contribution in [3.8, 4) is 35.2 Å². The standard InChI is InChI=1S/C38H46O2/c1-3-5-7-9-11-13-15-31-17-21-33(22-18-31)25-27-35-29-38(40)36(30-37(35)39)28-26-34-23-19-32(20-24-34)16-14-12-10-8-6-4-2/h17-24,29-30,39-40H,3-16H2,1-2H3. The second-order valence-corrected chi connectivity index (χ2v) is 10.8. The largest absolute Gasteiger partial charge is 0.507 e. The second-order valence-electron chi connectivity index (χ2n) is 10.8. The number of phenols is 2. The highest BCUT2D eigenvalue weighted by molar-refractivity contribution is 5.59. The lowest BCUT2D eigenvalue weighted by Crippen LogP contribution is -1.87. The molecule has 2 N–H and O–H groups in total. The molecule has 0 aliphatic rings. The van der Waals surface area contributed by atoms with Gasteiger partial charge < -0.3 is 10.2 Å². The molecule has 40 heavy (non-hydrogen) atoms. The molecule has 3 aromatic carbocycles. The van der Waals surface area contributed by atoms with Gasteiger partial charge in [-0.2, -0.15) is 0 Å². The minimum atomic E-state index is 0.0172. The molecule has 0 unspecified atom stereocenters. The molecule has 0 spiro atoms. The van der Waals surface area contributed by atoms with E-state index in [2.05, 4.69) is 61.8 Å². The quantitative estimate of drug-likeness (QED) is 0.123. The van der Waals surface area contributed by atoms with Crippen molar-refractivity contribution in [2.45, 2.75) is 104 Å². The Morgan fingerprint density at radius 3 is 1.18 bits per heavy atom. The van der Waals surface area contributed by atoms with E-state index in [9.17, 15) is 10.2 Å². The zero-order valence-electron chi connectivity index (χ0n) is 24.6. The van der Waals surface area contributed by atoms with Gasteiger partial charge in [-0.15, -0.1) is 0 Å². The van der Waals surface area contributed by atoms with E-state index >= 15 is 0 Å². The van der Waals surface area contributed by atoms with Gasteiger partial charge in [-0.05, 0) is 61.1 Å². The Morgan fingerprint density at radius 2 is 0.800 bits per heavy atom. The first-order chi connectivity index (χ1) is 19.6. The van der Waals surface area contributed by atoms with Crippen molar-refractivity contribution in [3.63, 3.8) is 0 Å². The Bertz CT molecular complexity index is 1170. The molecule has 0 aliphatic heterocycles. The van der Waals surface area contributed by atoms with Gasteiger partial charge in [0.2, 0.25) is 0 Å². The molecule has 2 heteroatoms. The van der Waals surface area contributed by atoms with Gasteiger partial charge in [-0.25, -0.2) is 0 Å². The van der Waals surface area contributed by atoms with E-state index in [1.165, 1.54) is 100 Å². The van der Waals surface area contributed by atoms with E-state index in [0.29, 0.717) is 11.1 Å². The maximum Gasteiger partial charge on any atom is 0.132 e. The fourth-order valence-electron chi connectivity index (χ4n) is 4.78. The van der Waals surface area contributed by atoms with Gasteiger partial charge in [-0.3, -0.25) is 0 Å². The highest BCUT2D eigenvalue weighted by atomic mass is 16.3. The fraction of sp³-hybridized carbons (Fsp3) is 0.421. The van der Waals surface area contributed by atoms with Crippen LogP contribution < -0.4 is 0 Å². The van der Waals surface area contributed by atoms with Gasteiger partial charge in [0.05, 0.1) is 11.1 Å². The van der Waals surface area contributed by atoms with Gasteiger partial charge in [0.25, 0.3) is 0 Å². The summed E-state index contributed by atoms with van der Waals surface area (Å²) in [7, 11) is 0. The first-order valence-corrected chi connectivity index (χ1v) is 15.4. The lowest BCUT2D eigenvalue weighted by molar-refractivity contribution is 0.457. The number of unbranched alkanes of at least 4 members (excludes halogenated alkanes) is 10. The Kier molecular flexibility index (Phi) is 13.8. The molecular formula is C38H46O2. The topological polar surface area (TPSA) is 40.5 Å².